The van der Waals surface area contributed by atoms with Crippen LogP contribution in [0.5, 0.6) is 0 Å². The molecule has 1 aliphatic carbocycles. The first-order valence-corrected chi connectivity index (χ1v) is 32.4. The second-order valence-electron chi connectivity index (χ2n) is 22.9. The summed E-state index contributed by atoms with van der Waals surface area (Å²) < 4.78 is 0. The third kappa shape index (κ3) is 42.2. The van der Waals surface area contributed by atoms with E-state index in [0.717, 1.165) is 84.3 Å². The molecule has 0 spiro atoms. The van der Waals surface area contributed by atoms with Crippen molar-refractivity contribution in [1.82, 2.24) is 14.7 Å². The molecule has 6 heteroatoms. The lowest BCUT2D eigenvalue weighted by Crippen LogP contribution is -2.33. The van der Waals surface area contributed by atoms with Crippen LogP contribution in [0.25, 0.3) is 0 Å². The lowest BCUT2D eigenvalue weighted by atomic mass is 9.84. The number of nitrogens with zero attached hydrogens (tertiary/aromatic N) is 3. The van der Waals surface area contributed by atoms with Gasteiger partial charge in [-0.1, -0.05) is 259 Å². The van der Waals surface area contributed by atoms with Crippen LogP contribution >= 0.6 is 0 Å². The van der Waals surface area contributed by atoms with E-state index in [9.17, 15) is 14.7 Å². The normalized spacial score (nSPS) is 15.1. The maximum Gasteiger partial charge on any atom is 0.222 e. The molecule has 0 bridgehead atoms. The van der Waals surface area contributed by atoms with E-state index in [-0.39, 0.29) is 6.10 Å². The summed E-state index contributed by atoms with van der Waals surface area (Å²) in [5.41, 5.74) is 0. The molecule has 1 saturated carbocycles. The van der Waals surface area contributed by atoms with E-state index < -0.39 is 0 Å². The molecule has 0 aliphatic heterocycles. The van der Waals surface area contributed by atoms with Crippen LogP contribution in [0.1, 0.15) is 342 Å². The Labute approximate surface area is 439 Å². The Kier molecular flexibility index (Phi) is 50.4. The molecule has 0 aromatic carbocycles. The van der Waals surface area contributed by atoms with Gasteiger partial charge in [0.1, 0.15) is 0 Å². The molecule has 6 nitrogen and oxygen atoms in total. The highest BCUT2D eigenvalue weighted by Crippen LogP contribution is 2.27. The van der Waals surface area contributed by atoms with E-state index in [1.54, 1.807) is 0 Å². The minimum absolute atomic E-state index is 0.103. The molecular weight excluding hydrogens is 859 g/mol. The van der Waals surface area contributed by atoms with Gasteiger partial charge in [0.15, 0.2) is 0 Å². The van der Waals surface area contributed by atoms with Gasteiger partial charge in [0.25, 0.3) is 0 Å². The SMILES string of the molecule is CCCCCCCCCCN(CCCCCCCCCC)C(=O)CCCCCCCN(CCCCCCCC(=O)N(CCCCCCCCCC)CCCCCCCCCC)CCC1CCCCC1O. The van der Waals surface area contributed by atoms with Gasteiger partial charge in [-0.3, -0.25) is 9.59 Å². The summed E-state index contributed by atoms with van der Waals surface area (Å²) in [5, 5.41) is 10.7. The predicted molar refractivity (Wildman–Crippen MR) is 308 cm³/mol. The highest BCUT2D eigenvalue weighted by molar-refractivity contribution is 5.76. The molecule has 1 N–H and O–H groups in total. The van der Waals surface area contributed by atoms with Crippen molar-refractivity contribution in [2.45, 2.75) is 348 Å². The summed E-state index contributed by atoms with van der Waals surface area (Å²) >= 11 is 0. The third-order valence-electron chi connectivity index (χ3n) is 16.2. The van der Waals surface area contributed by atoms with Crippen LogP contribution in [-0.2, 0) is 9.59 Å². The van der Waals surface area contributed by atoms with Crippen molar-refractivity contribution in [2.24, 2.45) is 5.92 Å². The number of rotatable bonds is 55. The Morgan fingerprint density at radius 2 is 0.586 bits per heavy atom. The topological polar surface area (TPSA) is 64.1 Å². The number of carbonyl (C=O) groups excluding carboxylic acids is 2. The van der Waals surface area contributed by atoms with Crippen LogP contribution < -0.4 is 0 Å². The van der Waals surface area contributed by atoms with Gasteiger partial charge < -0.3 is 19.8 Å². The number of aliphatic hydroxyl groups excluding tert-OH is 1. The quantitative estimate of drug-likeness (QED) is 0.0617. The van der Waals surface area contributed by atoms with Gasteiger partial charge in [-0.2, -0.15) is 0 Å². The Morgan fingerprint density at radius 3 is 0.886 bits per heavy atom. The van der Waals surface area contributed by atoms with Crippen LogP contribution in [-0.4, -0.2) is 83.5 Å². The Balaban J connectivity index is 2.49. The van der Waals surface area contributed by atoms with E-state index in [1.807, 2.05) is 0 Å². The van der Waals surface area contributed by atoms with Crippen LogP contribution in [0.2, 0.25) is 0 Å². The third-order valence-corrected chi connectivity index (χ3v) is 16.2. The average Bonchev–Trinajstić information content (AvgIpc) is 3.36. The zero-order valence-electron chi connectivity index (χ0n) is 48.4. The van der Waals surface area contributed by atoms with Gasteiger partial charge in [0.2, 0.25) is 11.8 Å². The molecule has 0 aromatic rings. The first-order chi connectivity index (χ1) is 34.5. The molecule has 2 unspecified atom stereocenters. The smallest absolute Gasteiger partial charge is 0.222 e. The first kappa shape index (κ1) is 66.9. The van der Waals surface area contributed by atoms with Gasteiger partial charge >= 0.3 is 0 Å². The van der Waals surface area contributed by atoms with Crippen molar-refractivity contribution < 1.29 is 14.7 Å². The molecule has 0 heterocycles. The zero-order chi connectivity index (χ0) is 50.6. The predicted octanol–water partition coefficient (Wildman–Crippen LogP) is 19.1. The Bertz CT molecular complexity index is 976. The number of carbonyl (C=O) groups is 2. The van der Waals surface area contributed by atoms with E-state index in [4.69, 9.17) is 0 Å². The molecule has 0 radical (unpaired) electrons. The maximum atomic E-state index is 13.5. The van der Waals surface area contributed by atoms with Crippen molar-refractivity contribution in [2.75, 3.05) is 45.8 Å². The molecule has 1 fully saturated rings. The van der Waals surface area contributed by atoms with Crippen LogP contribution in [0.3, 0.4) is 0 Å². The second kappa shape index (κ2) is 52.7. The number of unbranched alkanes of at least 4 members (excludes halogenated alkanes) is 36. The summed E-state index contributed by atoms with van der Waals surface area (Å²) in [7, 11) is 0. The Morgan fingerprint density at radius 1 is 0.329 bits per heavy atom. The number of amides is 2. The molecule has 0 saturated heterocycles. The van der Waals surface area contributed by atoms with E-state index in [0.29, 0.717) is 17.7 Å². The van der Waals surface area contributed by atoms with Crippen molar-refractivity contribution in [3.05, 3.63) is 0 Å². The first-order valence-electron chi connectivity index (χ1n) is 32.4. The maximum absolute atomic E-state index is 13.5. The summed E-state index contributed by atoms with van der Waals surface area (Å²) in [4.78, 5) is 34.2. The summed E-state index contributed by atoms with van der Waals surface area (Å²) in [6, 6.07) is 0. The highest BCUT2D eigenvalue weighted by atomic mass is 16.3. The molecule has 2 atom stereocenters. The molecule has 2 amide bonds. The van der Waals surface area contributed by atoms with Gasteiger partial charge in [0, 0.05) is 39.0 Å². The van der Waals surface area contributed by atoms with E-state index in [1.165, 1.54) is 276 Å². The lowest BCUT2D eigenvalue weighted by molar-refractivity contribution is -0.132. The van der Waals surface area contributed by atoms with Gasteiger partial charge in [0.05, 0.1) is 6.10 Å². The van der Waals surface area contributed by atoms with Crippen LogP contribution in [0.15, 0.2) is 0 Å². The number of aliphatic hydroxyl groups is 1. The fourth-order valence-corrected chi connectivity index (χ4v) is 11.3. The fraction of sp³-hybridized carbons (Fsp3) is 0.969. The lowest BCUT2D eigenvalue weighted by Gasteiger charge is -2.30. The molecular formula is C64H127N3O3. The van der Waals surface area contributed by atoms with E-state index in [2.05, 4.69) is 42.4 Å². The van der Waals surface area contributed by atoms with Crippen LogP contribution in [0.4, 0.5) is 0 Å². The van der Waals surface area contributed by atoms with E-state index >= 15 is 0 Å². The van der Waals surface area contributed by atoms with Gasteiger partial charge in [-0.25, -0.2) is 0 Å². The minimum atomic E-state index is -0.103. The van der Waals surface area contributed by atoms with Crippen molar-refractivity contribution in [1.29, 1.82) is 0 Å². The number of hydrogen-bond donors (Lipinski definition) is 1. The molecule has 1 aliphatic rings. The fourth-order valence-electron chi connectivity index (χ4n) is 11.3. The summed E-state index contributed by atoms with van der Waals surface area (Å²) in [6.07, 6.45) is 61.2. The summed E-state index contributed by atoms with van der Waals surface area (Å²) in [5.74, 6) is 1.31. The summed E-state index contributed by atoms with van der Waals surface area (Å²) in [6.45, 7) is 16.5. The second-order valence-corrected chi connectivity index (χ2v) is 22.9. The van der Waals surface area contributed by atoms with Crippen molar-refractivity contribution in [3.8, 4) is 0 Å². The standard InChI is InChI=1S/C64H127N3O3/c1-5-9-13-17-21-25-35-45-56-66(57-46-36-26-22-18-14-10-6-2)63(69)51-39-31-29-33-43-54-65(60-53-61-49-41-42-50-62(61)68)55-44-34-30-32-40-52-64(70)67(58-47-37-27-23-19-15-11-7-3)59-48-38-28-24-20-16-12-8-4/h61-62,68H,5-60H2,1-4H3. The molecule has 416 valence electrons. The number of hydrogen-bond acceptors (Lipinski definition) is 4. The zero-order valence-corrected chi connectivity index (χ0v) is 48.4. The minimum Gasteiger partial charge on any atom is -0.393 e. The van der Waals surface area contributed by atoms with Gasteiger partial charge in [-0.15, -0.1) is 0 Å². The van der Waals surface area contributed by atoms with Crippen molar-refractivity contribution in [3.63, 3.8) is 0 Å². The largest absolute Gasteiger partial charge is 0.393 e. The van der Waals surface area contributed by atoms with Gasteiger partial charge in [-0.05, 0) is 96.2 Å². The monoisotopic (exact) mass is 986 g/mol. The Hall–Kier alpha value is -1.14. The molecule has 70 heavy (non-hydrogen) atoms. The molecule has 1 rings (SSSR count). The van der Waals surface area contributed by atoms with Crippen molar-refractivity contribution >= 4 is 11.8 Å². The highest BCUT2D eigenvalue weighted by Gasteiger charge is 2.23. The molecule has 0 aromatic heterocycles. The van der Waals surface area contributed by atoms with Crippen LogP contribution in [0, 0.1) is 5.92 Å². The average molecular weight is 987 g/mol.